The third kappa shape index (κ3) is 10.5. The molecule has 3 amide bonds. The minimum atomic E-state index is -1.88. The number of nitrogens with one attached hydrogen (secondary N) is 3. The van der Waals surface area contributed by atoms with E-state index in [1.54, 1.807) is 31.2 Å². The molecule has 0 unspecified atom stereocenters. The van der Waals surface area contributed by atoms with Crippen molar-refractivity contribution in [3.63, 3.8) is 0 Å². The van der Waals surface area contributed by atoms with Crippen LogP contribution in [0.3, 0.4) is 0 Å². The molecule has 0 spiro atoms. The maximum Gasteiger partial charge on any atom is 0.325 e. The Bertz CT molecular complexity index is 1410. The molecule has 0 saturated carbocycles. The van der Waals surface area contributed by atoms with Gasteiger partial charge >= 0.3 is 12.0 Å². The summed E-state index contributed by atoms with van der Waals surface area (Å²) in [6.45, 7) is 2.24. The smallest absolute Gasteiger partial charge is 0.325 e. The lowest BCUT2D eigenvalue weighted by Gasteiger charge is -2.31. The van der Waals surface area contributed by atoms with E-state index < -0.39 is 35.1 Å². The minimum absolute atomic E-state index is 0.0213. The highest BCUT2D eigenvalue weighted by Crippen LogP contribution is 2.31. The number of ketones is 1. The molecular formula is C33H41N7O5. The molecule has 238 valence electrons. The van der Waals surface area contributed by atoms with Crippen molar-refractivity contribution in [2.45, 2.75) is 44.3 Å². The van der Waals surface area contributed by atoms with Gasteiger partial charge in [-0.2, -0.15) is 0 Å². The third-order valence-electron chi connectivity index (χ3n) is 7.02. The molecule has 0 aliphatic heterocycles. The fraction of sp³-hybridized carbons (Fsp3) is 0.303. The van der Waals surface area contributed by atoms with Gasteiger partial charge in [0.25, 0.3) is 0 Å². The number of carbonyl (C=O) groups excluding carboxylic acids is 4. The van der Waals surface area contributed by atoms with Crippen LogP contribution in [0.5, 0.6) is 0 Å². The van der Waals surface area contributed by atoms with Gasteiger partial charge in [0.05, 0.1) is 12.5 Å². The van der Waals surface area contributed by atoms with Crippen molar-refractivity contribution in [1.29, 1.82) is 0 Å². The van der Waals surface area contributed by atoms with E-state index in [1.807, 2.05) is 60.7 Å². The maximum absolute atomic E-state index is 14.3. The highest BCUT2D eigenvalue weighted by molar-refractivity contribution is 6.13. The lowest BCUT2D eigenvalue weighted by atomic mass is 9.76. The Morgan fingerprint density at radius 1 is 0.800 bits per heavy atom. The first-order chi connectivity index (χ1) is 21.6. The van der Waals surface area contributed by atoms with E-state index in [0.29, 0.717) is 6.42 Å². The van der Waals surface area contributed by atoms with E-state index in [4.69, 9.17) is 21.9 Å². The van der Waals surface area contributed by atoms with Crippen LogP contribution < -0.4 is 33.2 Å². The second-order valence-electron chi connectivity index (χ2n) is 10.3. The number of aliphatic imine (C=N–C) groups is 1. The molecular weight excluding hydrogens is 574 g/mol. The zero-order valence-corrected chi connectivity index (χ0v) is 25.3. The van der Waals surface area contributed by atoms with E-state index in [9.17, 15) is 19.2 Å². The van der Waals surface area contributed by atoms with Crippen molar-refractivity contribution in [3.8, 4) is 0 Å². The number of benzene rings is 3. The number of urea groups is 1. The average Bonchev–Trinajstić information content (AvgIpc) is 3.05. The molecule has 3 aromatic carbocycles. The number of guanidine groups is 1. The quantitative estimate of drug-likeness (QED) is 0.0460. The van der Waals surface area contributed by atoms with E-state index >= 15 is 0 Å². The van der Waals surface area contributed by atoms with Gasteiger partial charge in [0.2, 0.25) is 5.91 Å². The Hall–Kier alpha value is -5.23. The molecule has 0 fully saturated rings. The summed E-state index contributed by atoms with van der Waals surface area (Å²) < 4.78 is 4.77. The zero-order valence-electron chi connectivity index (χ0n) is 25.3. The van der Waals surface area contributed by atoms with E-state index in [1.165, 1.54) is 0 Å². The molecule has 0 heterocycles. The number of rotatable bonds is 16. The molecule has 9 N–H and O–H groups in total. The lowest BCUT2D eigenvalue weighted by molar-refractivity contribution is -0.142. The molecule has 0 aromatic heterocycles. The van der Waals surface area contributed by atoms with Gasteiger partial charge in [-0.25, -0.2) is 4.79 Å². The molecule has 0 saturated heterocycles. The van der Waals surface area contributed by atoms with Crippen molar-refractivity contribution in [2.75, 3.05) is 19.7 Å². The highest BCUT2D eigenvalue weighted by atomic mass is 16.5. The summed E-state index contributed by atoms with van der Waals surface area (Å²) in [4.78, 5) is 55.3. The first kappa shape index (κ1) is 34.3. The Morgan fingerprint density at radius 2 is 1.33 bits per heavy atom. The Balaban J connectivity index is 1.72. The maximum atomic E-state index is 14.3. The van der Waals surface area contributed by atoms with Gasteiger partial charge in [0, 0.05) is 19.6 Å². The number of Topliss-reactive ketones (excluding diaryl/α,β-unsaturated/α-hetero) is 1. The fourth-order valence-corrected chi connectivity index (χ4v) is 4.68. The number of hydrogen-bond acceptors (Lipinski definition) is 7. The number of carbonyl (C=O) groups is 4. The minimum Gasteiger partial charge on any atom is -0.465 e. The van der Waals surface area contributed by atoms with Crippen LogP contribution in [-0.4, -0.2) is 54.9 Å². The molecule has 12 heteroatoms. The molecule has 0 radical (unpaired) electrons. The number of ether oxygens (including phenoxy) is 1. The summed E-state index contributed by atoms with van der Waals surface area (Å²) in [6, 6.07) is 25.1. The standard InChI is InChI=1S/C33H41N7O5/c1-2-45-27(41)22-40-32(44)39-21-24-16-14-23(15-17-24)20-38-30(43)33(36,18-9-19-37-31(34)35)29(42)28(25-10-5-3-6-11-25)26-12-7-4-8-13-26/h3-8,10-17,28H,2,9,18-22,36H2,1H3,(H,38,43)(H4,34,35,37)(H2,39,40,44)/t33-/m1/s1. The molecule has 3 rings (SSSR count). The number of nitrogens with zero attached hydrogens (tertiary/aromatic N) is 1. The van der Waals surface area contributed by atoms with Crippen molar-refractivity contribution in [1.82, 2.24) is 16.0 Å². The van der Waals surface area contributed by atoms with Crippen LogP contribution in [0.4, 0.5) is 4.79 Å². The average molecular weight is 616 g/mol. The summed E-state index contributed by atoms with van der Waals surface area (Å²) in [5.41, 5.74) is 18.8. The fourth-order valence-electron chi connectivity index (χ4n) is 4.68. The van der Waals surface area contributed by atoms with Crippen molar-refractivity contribution in [3.05, 3.63) is 107 Å². The van der Waals surface area contributed by atoms with Gasteiger partial charge in [0.1, 0.15) is 6.54 Å². The first-order valence-corrected chi connectivity index (χ1v) is 14.7. The van der Waals surface area contributed by atoms with Crippen LogP contribution in [0, 0.1) is 0 Å². The lowest BCUT2D eigenvalue weighted by Crippen LogP contribution is -2.61. The van der Waals surface area contributed by atoms with E-state index in [0.717, 1.165) is 22.3 Å². The number of hydrogen-bond donors (Lipinski definition) is 6. The number of nitrogens with two attached hydrogens (primary N) is 3. The zero-order chi connectivity index (χ0) is 32.7. The first-order valence-electron chi connectivity index (χ1n) is 14.7. The van der Waals surface area contributed by atoms with Gasteiger partial charge < -0.3 is 37.9 Å². The predicted molar refractivity (Wildman–Crippen MR) is 172 cm³/mol. The number of esters is 1. The van der Waals surface area contributed by atoms with Gasteiger partial charge in [-0.15, -0.1) is 0 Å². The summed E-state index contributed by atoms with van der Waals surface area (Å²) in [5, 5.41) is 7.93. The molecule has 0 aliphatic carbocycles. The Kier molecular flexibility index (Phi) is 13.1. The van der Waals surface area contributed by atoms with Crippen LogP contribution in [0.15, 0.2) is 89.9 Å². The van der Waals surface area contributed by atoms with Crippen molar-refractivity contribution >= 4 is 29.7 Å². The summed E-state index contributed by atoms with van der Waals surface area (Å²) in [5.74, 6) is -2.43. The van der Waals surface area contributed by atoms with Crippen LogP contribution in [0.1, 0.15) is 47.9 Å². The van der Waals surface area contributed by atoms with Crippen LogP contribution >= 0.6 is 0 Å². The molecule has 0 bridgehead atoms. The second-order valence-corrected chi connectivity index (χ2v) is 10.3. The number of amides is 3. The Morgan fingerprint density at radius 3 is 1.84 bits per heavy atom. The summed E-state index contributed by atoms with van der Waals surface area (Å²) in [7, 11) is 0. The van der Waals surface area contributed by atoms with Crippen LogP contribution in [0.25, 0.3) is 0 Å². The normalized spacial score (nSPS) is 12.0. The van der Waals surface area contributed by atoms with Gasteiger partial charge in [0.15, 0.2) is 17.3 Å². The van der Waals surface area contributed by atoms with Crippen molar-refractivity contribution < 1.29 is 23.9 Å². The topological polar surface area (TPSA) is 204 Å². The van der Waals surface area contributed by atoms with E-state index in [-0.39, 0.29) is 45.2 Å². The van der Waals surface area contributed by atoms with Crippen LogP contribution in [-0.2, 0) is 32.2 Å². The highest BCUT2D eigenvalue weighted by Gasteiger charge is 2.45. The predicted octanol–water partition coefficient (Wildman–Crippen LogP) is 1.82. The second kappa shape index (κ2) is 17.2. The SMILES string of the molecule is CCOC(=O)CNC(=O)NCc1ccc(CNC(=O)[C@@](N)(CCCN=C(N)N)C(=O)C(c2ccccc2)c2ccccc2)cc1. The summed E-state index contributed by atoms with van der Waals surface area (Å²) >= 11 is 0. The molecule has 12 nitrogen and oxygen atoms in total. The molecule has 3 aromatic rings. The van der Waals surface area contributed by atoms with Gasteiger partial charge in [-0.3, -0.25) is 19.4 Å². The molecule has 45 heavy (non-hydrogen) atoms. The Labute approximate surface area is 262 Å². The van der Waals surface area contributed by atoms with Gasteiger partial charge in [-0.05, 0) is 42.0 Å². The van der Waals surface area contributed by atoms with Crippen molar-refractivity contribution in [2.24, 2.45) is 22.2 Å². The third-order valence-corrected chi connectivity index (χ3v) is 7.02. The van der Waals surface area contributed by atoms with Crippen LogP contribution in [0.2, 0.25) is 0 Å². The molecule has 0 aliphatic rings. The monoisotopic (exact) mass is 615 g/mol. The largest absolute Gasteiger partial charge is 0.465 e. The van der Waals surface area contributed by atoms with Gasteiger partial charge in [-0.1, -0.05) is 84.9 Å². The molecule has 1 atom stereocenters. The van der Waals surface area contributed by atoms with E-state index in [2.05, 4.69) is 20.9 Å². The summed E-state index contributed by atoms with van der Waals surface area (Å²) in [6.07, 6.45) is 0.326.